The van der Waals surface area contributed by atoms with Crippen molar-refractivity contribution >= 4 is 17.8 Å². The van der Waals surface area contributed by atoms with Crippen LogP contribution in [0.15, 0.2) is 4.99 Å². The van der Waals surface area contributed by atoms with E-state index in [0.717, 1.165) is 25.1 Å². The SMILES string of the molecule is CCCCCCCCCCCCCCC1=NCC[N+]1(CC(=O)O)C(O)CCC.C[N+](C)(C)CC(=O)O. The van der Waals surface area contributed by atoms with Crippen LogP contribution in [-0.2, 0) is 9.59 Å². The third-order valence-electron chi connectivity index (χ3n) is 6.71. The van der Waals surface area contributed by atoms with Crippen LogP contribution in [0, 0.1) is 0 Å². The lowest BCUT2D eigenvalue weighted by Gasteiger charge is -2.37. The summed E-state index contributed by atoms with van der Waals surface area (Å²) in [5.41, 5.74) is 0. The summed E-state index contributed by atoms with van der Waals surface area (Å²) in [5, 5.41) is 28.2. The number of quaternary nitrogens is 2. The highest BCUT2D eigenvalue weighted by Crippen LogP contribution is 2.25. The van der Waals surface area contributed by atoms with Gasteiger partial charge in [-0.15, -0.1) is 0 Å². The van der Waals surface area contributed by atoms with Gasteiger partial charge in [-0.2, -0.15) is 0 Å². The molecule has 8 heteroatoms. The van der Waals surface area contributed by atoms with Gasteiger partial charge in [0.25, 0.3) is 0 Å². The van der Waals surface area contributed by atoms with Crippen molar-refractivity contribution in [1.29, 1.82) is 0 Å². The van der Waals surface area contributed by atoms with Crippen molar-refractivity contribution in [2.24, 2.45) is 4.99 Å². The molecule has 0 radical (unpaired) electrons. The van der Waals surface area contributed by atoms with Crippen molar-refractivity contribution in [3.8, 4) is 0 Å². The molecule has 8 nitrogen and oxygen atoms in total. The van der Waals surface area contributed by atoms with Gasteiger partial charge in [0, 0.05) is 12.8 Å². The van der Waals surface area contributed by atoms with Gasteiger partial charge in [-0.3, -0.25) is 0 Å². The van der Waals surface area contributed by atoms with Crippen molar-refractivity contribution in [3.05, 3.63) is 0 Å². The van der Waals surface area contributed by atoms with Gasteiger partial charge in [0.15, 0.2) is 19.3 Å². The molecule has 3 N–H and O–H groups in total. The van der Waals surface area contributed by atoms with Gasteiger partial charge in [-0.05, 0) is 12.8 Å². The number of carboxylic acids is 2. The van der Waals surface area contributed by atoms with Crippen LogP contribution in [0.1, 0.15) is 110 Å². The zero-order valence-electron chi connectivity index (χ0n) is 24.0. The molecule has 0 aromatic carbocycles. The first kappa shape index (κ1) is 34.5. The van der Waals surface area contributed by atoms with Crippen molar-refractivity contribution in [2.75, 3.05) is 47.3 Å². The van der Waals surface area contributed by atoms with Crippen LogP contribution in [0.4, 0.5) is 0 Å². The Kier molecular flexibility index (Phi) is 18.8. The Morgan fingerprint density at radius 3 is 1.72 bits per heavy atom. The molecule has 0 fully saturated rings. The molecule has 212 valence electrons. The van der Waals surface area contributed by atoms with Crippen LogP contribution in [0.25, 0.3) is 0 Å². The van der Waals surface area contributed by atoms with E-state index >= 15 is 0 Å². The molecule has 0 spiro atoms. The Bertz CT molecular complexity index is 633. The summed E-state index contributed by atoms with van der Waals surface area (Å²) in [7, 11) is 5.52. The maximum Gasteiger partial charge on any atom is 0.359 e. The molecule has 2 atom stereocenters. The molecule has 0 bridgehead atoms. The topological polar surface area (TPSA) is 107 Å². The van der Waals surface area contributed by atoms with Crippen molar-refractivity contribution in [3.63, 3.8) is 0 Å². The number of amidine groups is 1. The number of aliphatic carboxylic acids is 2. The second-order valence-electron chi connectivity index (χ2n) is 11.4. The predicted octanol–water partition coefficient (Wildman–Crippen LogP) is 5.29. The van der Waals surface area contributed by atoms with Gasteiger partial charge < -0.3 is 19.8 Å². The van der Waals surface area contributed by atoms with E-state index in [1.54, 1.807) is 0 Å². The minimum atomic E-state index is -0.848. The fraction of sp³-hybridized carbons (Fsp3) is 0.893. The summed E-state index contributed by atoms with van der Waals surface area (Å²) in [5.74, 6) is -0.688. The Balaban J connectivity index is 0.00000131. The third-order valence-corrected chi connectivity index (χ3v) is 6.71. The number of likely N-dealkylation sites (N-methyl/N-ethyl adjacent to an activating group) is 1. The highest BCUT2D eigenvalue weighted by atomic mass is 16.4. The van der Waals surface area contributed by atoms with E-state index in [1.165, 1.54) is 70.6 Å². The molecule has 1 aliphatic rings. The lowest BCUT2D eigenvalue weighted by molar-refractivity contribution is -0.880. The maximum absolute atomic E-state index is 11.4. The zero-order valence-corrected chi connectivity index (χ0v) is 24.0. The van der Waals surface area contributed by atoms with E-state index in [4.69, 9.17) is 5.11 Å². The number of carbonyl (C=O) groups is 2. The Labute approximate surface area is 220 Å². The van der Waals surface area contributed by atoms with Gasteiger partial charge in [-0.25, -0.2) is 19.1 Å². The first-order valence-electron chi connectivity index (χ1n) is 14.3. The van der Waals surface area contributed by atoms with Crippen LogP contribution in [0.2, 0.25) is 0 Å². The summed E-state index contributed by atoms with van der Waals surface area (Å²) in [6.45, 7) is 5.69. The second-order valence-corrected chi connectivity index (χ2v) is 11.4. The smallest absolute Gasteiger partial charge is 0.359 e. The van der Waals surface area contributed by atoms with Gasteiger partial charge in [0.2, 0.25) is 5.84 Å². The summed E-state index contributed by atoms with van der Waals surface area (Å²) in [6, 6.07) is 0. The molecule has 0 aromatic rings. The average molecular weight is 516 g/mol. The molecule has 2 unspecified atom stereocenters. The predicted molar refractivity (Wildman–Crippen MR) is 147 cm³/mol. The highest BCUT2D eigenvalue weighted by Gasteiger charge is 2.45. The minimum absolute atomic E-state index is 0.0434. The van der Waals surface area contributed by atoms with Crippen LogP contribution in [0.3, 0.4) is 0 Å². The molecular formula is C28H57N3O5+2. The molecule has 1 aliphatic heterocycles. The van der Waals surface area contributed by atoms with E-state index < -0.39 is 18.2 Å². The van der Waals surface area contributed by atoms with Crippen LogP contribution in [-0.4, -0.2) is 95.6 Å². The zero-order chi connectivity index (χ0) is 27.5. The van der Waals surface area contributed by atoms with Gasteiger partial charge >= 0.3 is 11.9 Å². The molecule has 1 rings (SSSR count). The molecule has 1 heterocycles. The number of hydrogen-bond acceptors (Lipinski definition) is 4. The first-order chi connectivity index (χ1) is 17.0. The third kappa shape index (κ3) is 16.3. The molecule has 36 heavy (non-hydrogen) atoms. The van der Waals surface area contributed by atoms with E-state index in [9.17, 15) is 19.8 Å². The molecule has 0 aliphatic carbocycles. The van der Waals surface area contributed by atoms with Gasteiger partial charge in [0.1, 0.15) is 6.54 Å². The minimum Gasteiger partial charge on any atom is -0.477 e. The van der Waals surface area contributed by atoms with Crippen LogP contribution >= 0.6 is 0 Å². The summed E-state index contributed by atoms with van der Waals surface area (Å²) < 4.78 is 0.649. The Morgan fingerprint density at radius 1 is 0.833 bits per heavy atom. The molecule has 0 saturated heterocycles. The number of carboxylic acid groups (broad SMARTS) is 2. The second kappa shape index (κ2) is 19.6. The van der Waals surface area contributed by atoms with E-state index in [1.807, 2.05) is 28.1 Å². The molecule has 0 saturated carbocycles. The number of rotatable bonds is 20. The van der Waals surface area contributed by atoms with Crippen molar-refractivity contribution < 1.29 is 33.9 Å². The Morgan fingerprint density at radius 2 is 1.33 bits per heavy atom. The van der Waals surface area contributed by atoms with Gasteiger partial charge in [0.05, 0.1) is 27.7 Å². The Hall–Kier alpha value is -1.51. The highest BCUT2D eigenvalue weighted by molar-refractivity contribution is 5.80. The number of aliphatic hydroxyl groups is 1. The monoisotopic (exact) mass is 515 g/mol. The first-order valence-corrected chi connectivity index (χ1v) is 14.3. The van der Waals surface area contributed by atoms with Crippen molar-refractivity contribution in [2.45, 2.75) is 116 Å². The van der Waals surface area contributed by atoms with E-state index in [0.29, 0.717) is 24.0 Å². The van der Waals surface area contributed by atoms with Crippen LogP contribution < -0.4 is 0 Å². The lowest BCUT2D eigenvalue weighted by atomic mass is 10.0. The number of nitrogens with zero attached hydrogens (tertiary/aromatic N) is 3. The lowest BCUT2D eigenvalue weighted by Crippen LogP contribution is -2.60. The fourth-order valence-electron chi connectivity index (χ4n) is 4.80. The normalized spacial score (nSPS) is 18.3. The maximum atomic E-state index is 11.4. The molecular weight excluding hydrogens is 458 g/mol. The molecule has 0 aromatic heterocycles. The fourth-order valence-corrected chi connectivity index (χ4v) is 4.80. The average Bonchev–Trinajstić information content (AvgIpc) is 3.16. The molecule has 0 amide bonds. The largest absolute Gasteiger partial charge is 0.477 e. The van der Waals surface area contributed by atoms with E-state index in [2.05, 4.69) is 11.9 Å². The number of aliphatic imine (C=N–C) groups is 1. The van der Waals surface area contributed by atoms with Crippen molar-refractivity contribution in [1.82, 2.24) is 0 Å². The van der Waals surface area contributed by atoms with Crippen LogP contribution in [0.5, 0.6) is 0 Å². The summed E-state index contributed by atoms with van der Waals surface area (Å²) in [6.07, 6.45) is 17.4. The summed E-state index contributed by atoms with van der Waals surface area (Å²) >= 11 is 0. The van der Waals surface area contributed by atoms with E-state index in [-0.39, 0.29) is 17.6 Å². The van der Waals surface area contributed by atoms with Gasteiger partial charge in [-0.1, -0.05) is 84.5 Å². The quantitative estimate of drug-likeness (QED) is 0.151. The number of hydrogen-bond donors (Lipinski definition) is 3. The number of unbranched alkanes of at least 4 members (excludes halogenated alkanes) is 11. The summed E-state index contributed by atoms with van der Waals surface area (Å²) in [4.78, 5) is 26.0. The number of aliphatic hydroxyl groups excluding tert-OH is 1. The standard InChI is InChI=1S/C23H44N2O3.C5H11NO2/c1-3-5-6-7-8-9-10-11-12-13-14-15-17-21-24-18-19-25(21,20-23(27)28)22(26)16-4-2;1-6(2,3)4-5(7)8/h22,26H,3-20H2,1-2H3;4H2,1-3H3/p+2.